The summed E-state index contributed by atoms with van der Waals surface area (Å²) in [5.74, 6) is 0.566. The van der Waals surface area contributed by atoms with E-state index in [0.29, 0.717) is 23.6 Å². The molecule has 0 unspecified atom stereocenters. The van der Waals surface area contributed by atoms with Gasteiger partial charge in [-0.3, -0.25) is 4.79 Å². The van der Waals surface area contributed by atoms with Gasteiger partial charge in [0.2, 0.25) is 0 Å². The Morgan fingerprint density at radius 3 is 2.67 bits per heavy atom. The molecule has 0 spiro atoms. The molecule has 0 aromatic heterocycles. The number of nitrogens with two attached hydrogens (primary N) is 1. The van der Waals surface area contributed by atoms with E-state index in [-0.39, 0.29) is 5.78 Å². The summed E-state index contributed by atoms with van der Waals surface area (Å²) in [5, 5.41) is 0. The molecule has 0 fully saturated rings. The van der Waals surface area contributed by atoms with E-state index in [2.05, 4.69) is 4.99 Å². The van der Waals surface area contributed by atoms with Crippen molar-refractivity contribution in [1.82, 2.24) is 4.90 Å². The third-order valence-corrected chi connectivity index (χ3v) is 3.68. The molecule has 0 bridgehead atoms. The number of guanidine groups is 1. The normalized spacial score (nSPS) is 13.6. The number of nitrogens with zero attached hydrogens (tertiary/aromatic N) is 2. The maximum atomic E-state index is 12.5. The minimum Gasteiger partial charge on any atom is -0.369 e. The second kappa shape index (κ2) is 5.40. The monoisotopic (exact) mass is 279 g/mol. The molecule has 0 radical (unpaired) electrons. The highest BCUT2D eigenvalue weighted by Crippen LogP contribution is 2.27. The second-order valence-electron chi connectivity index (χ2n) is 5.02. The molecule has 2 aromatic rings. The summed E-state index contributed by atoms with van der Waals surface area (Å²) in [4.78, 5) is 18.8. The lowest BCUT2D eigenvalue weighted by Crippen LogP contribution is -2.38. The van der Waals surface area contributed by atoms with Gasteiger partial charge in [-0.05, 0) is 30.7 Å². The van der Waals surface area contributed by atoms with Crippen LogP contribution in [0.4, 0.5) is 5.69 Å². The molecule has 1 aliphatic heterocycles. The van der Waals surface area contributed by atoms with Crippen molar-refractivity contribution in [3.8, 4) is 0 Å². The van der Waals surface area contributed by atoms with Crippen LogP contribution in [0.3, 0.4) is 0 Å². The average molecular weight is 279 g/mol. The van der Waals surface area contributed by atoms with Crippen LogP contribution in [0.1, 0.15) is 28.4 Å². The van der Waals surface area contributed by atoms with Crippen LogP contribution in [0.15, 0.2) is 53.5 Å². The van der Waals surface area contributed by atoms with Crippen LogP contribution in [0, 0.1) is 0 Å². The predicted octanol–water partition coefficient (Wildman–Crippen LogP) is 2.70. The summed E-state index contributed by atoms with van der Waals surface area (Å²) in [5.41, 5.74) is 9.17. The topological polar surface area (TPSA) is 58.7 Å². The summed E-state index contributed by atoms with van der Waals surface area (Å²) < 4.78 is 0. The largest absolute Gasteiger partial charge is 0.369 e. The first-order valence-electron chi connectivity index (χ1n) is 7.01. The molecule has 1 heterocycles. The van der Waals surface area contributed by atoms with Crippen molar-refractivity contribution in [3.05, 3.63) is 65.2 Å². The number of carbonyl (C=O) groups is 1. The number of fused-ring (bicyclic) bond motifs is 1. The van der Waals surface area contributed by atoms with Crippen LogP contribution in [-0.2, 0) is 6.54 Å². The molecule has 4 nitrogen and oxygen atoms in total. The highest BCUT2D eigenvalue weighted by Gasteiger charge is 2.18. The minimum absolute atomic E-state index is 0.0315. The van der Waals surface area contributed by atoms with Gasteiger partial charge in [0.15, 0.2) is 11.7 Å². The van der Waals surface area contributed by atoms with Crippen molar-refractivity contribution in [2.75, 3.05) is 6.54 Å². The molecule has 106 valence electrons. The van der Waals surface area contributed by atoms with E-state index in [1.54, 1.807) is 0 Å². The van der Waals surface area contributed by atoms with E-state index < -0.39 is 0 Å². The molecule has 3 rings (SSSR count). The van der Waals surface area contributed by atoms with Crippen molar-refractivity contribution in [3.63, 3.8) is 0 Å². The number of carbonyl (C=O) groups excluding carboxylic acids is 1. The second-order valence-corrected chi connectivity index (χ2v) is 5.02. The maximum Gasteiger partial charge on any atom is 0.196 e. The molecule has 0 saturated heterocycles. The highest BCUT2D eigenvalue weighted by molar-refractivity contribution is 6.09. The van der Waals surface area contributed by atoms with Crippen LogP contribution < -0.4 is 5.73 Å². The van der Waals surface area contributed by atoms with Gasteiger partial charge in [0.1, 0.15) is 0 Å². The lowest BCUT2D eigenvalue weighted by Gasteiger charge is -2.27. The molecule has 0 amide bonds. The number of ketones is 1. The predicted molar refractivity (Wildman–Crippen MR) is 83.7 cm³/mol. The van der Waals surface area contributed by atoms with E-state index in [1.165, 1.54) is 0 Å². The lowest BCUT2D eigenvalue weighted by atomic mass is 9.99. The van der Waals surface area contributed by atoms with Gasteiger partial charge in [-0.1, -0.05) is 30.3 Å². The fraction of sp³-hybridized carbons (Fsp3) is 0.176. The van der Waals surface area contributed by atoms with Gasteiger partial charge in [-0.15, -0.1) is 0 Å². The van der Waals surface area contributed by atoms with Crippen LogP contribution >= 0.6 is 0 Å². The van der Waals surface area contributed by atoms with Crippen LogP contribution in [0.25, 0.3) is 0 Å². The Kier molecular flexibility index (Phi) is 3.44. The van der Waals surface area contributed by atoms with Crippen molar-refractivity contribution >= 4 is 17.4 Å². The van der Waals surface area contributed by atoms with Crippen molar-refractivity contribution in [2.45, 2.75) is 13.5 Å². The number of hydrogen-bond acceptors (Lipinski definition) is 4. The number of benzene rings is 2. The van der Waals surface area contributed by atoms with E-state index in [1.807, 2.05) is 60.4 Å². The molecule has 0 saturated carbocycles. The molecule has 1 aliphatic rings. The number of rotatable bonds is 3. The zero-order chi connectivity index (χ0) is 14.8. The van der Waals surface area contributed by atoms with Gasteiger partial charge in [0, 0.05) is 24.2 Å². The fourth-order valence-corrected chi connectivity index (χ4v) is 2.47. The third kappa shape index (κ3) is 2.52. The molecule has 21 heavy (non-hydrogen) atoms. The molecule has 0 aliphatic carbocycles. The Labute approximate surface area is 123 Å². The summed E-state index contributed by atoms with van der Waals surface area (Å²) in [6.07, 6.45) is 0. The molecule has 2 N–H and O–H groups in total. The summed E-state index contributed by atoms with van der Waals surface area (Å²) in [7, 11) is 0. The van der Waals surface area contributed by atoms with Gasteiger partial charge in [0.25, 0.3) is 0 Å². The third-order valence-electron chi connectivity index (χ3n) is 3.68. The highest BCUT2D eigenvalue weighted by atomic mass is 16.1. The zero-order valence-corrected chi connectivity index (χ0v) is 11.9. The average Bonchev–Trinajstić information content (AvgIpc) is 2.54. The Hall–Kier alpha value is -2.62. The quantitative estimate of drug-likeness (QED) is 0.879. The Morgan fingerprint density at radius 1 is 1.19 bits per heavy atom. The smallest absolute Gasteiger partial charge is 0.196 e. The van der Waals surface area contributed by atoms with Crippen LogP contribution in [0.2, 0.25) is 0 Å². The standard InChI is InChI=1S/C17H17N3O/c1-2-20-11-14-10-13(8-9-15(14)19-17(20)18)16(21)12-6-4-3-5-7-12/h3-10H,2,11H2,1H3,(H2,18,19). The zero-order valence-electron chi connectivity index (χ0n) is 11.9. The molecule has 2 aromatic carbocycles. The van der Waals surface area contributed by atoms with Crippen LogP contribution in [-0.4, -0.2) is 23.2 Å². The van der Waals surface area contributed by atoms with Crippen molar-refractivity contribution in [1.29, 1.82) is 0 Å². The number of aliphatic imine (C=N–C) groups is 1. The van der Waals surface area contributed by atoms with E-state index in [9.17, 15) is 4.79 Å². The van der Waals surface area contributed by atoms with E-state index >= 15 is 0 Å². The van der Waals surface area contributed by atoms with Crippen molar-refractivity contribution in [2.24, 2.45) is 10.7 Å². The van der Waals surface area contributed by atoms with Crippen LogP contribution in [0.5, 0.6) is 0 Å². The van der Waals surface area contributed by atoms with Gasteiger partial charge in [-0.2, -0.15) is 0 Å². The molecular formula is C17H17N3O. The summed E-state index contributed by atoms with van der Waals surface area (Å²) in [6, 6.07) is 14.9. The van der Waals surface area contributed by atoms with E-state index in [0.717, 1.165) is 17.8 Å². The van der Waals surface area contributed by atoms with E-state index in [4.69, 9.17) is 5.73 Å². The summed E-state index contributed by atoms with van der Waals surface area (Å²) in [6.45, 7) is 3.52. The Bertz CT molecular complexity index is 707. The fourth-order valence-electron chi connectivity index (χ4n) is 2.47. The SMILES string of the molecule is CCN1Cc2cc(C(=O)c3ccccc3)ccc2N=C1N. The van der Waals surface area contributed by atoms with Crippen molar-refractivity contribution < 1.29 is 4.79 Å². The van der Waals surface area contributed by atoms with Gasteiger partial charge >= 0.3 is 0 Å². The van der Waals surface area contributed by atoms with Gasteiger partial charge in [-0.25, -0.2) is 4.99 Å². The maximum absolute atomic E-state index is 12.5. The Balaban J connectivity index is 1.96. The lowest BCUT2D eigenvalue weighted by molar-refractivity contribution is 0.103. The first-order chi connectivity index (χ1) is 10.2. The molecule has 0 atom stereocenters. The van der Waals surface area contributed by atoms with Gasteiger partial charge in [0.05, 0.1) is 5.69 Å². The van der Waals surface area contributed by atoms with Gasteiger partial charge < -0.3 is 10.6 Å². The first kappa shape index (κ1) is 13.4. The molecular weight excluding hydrogens is 262 g/mol. The first-order valence-corrected chi connectivity index (χ1v) is 7.01. The Morgan fingerprint density at radius 2 is 1.95 bits per heavy atom. The summed E-state index contributed by atoms with van der Waals surface area (Å²) >= 11 is 0. The number of hydrogen-bond donors (Lipinski definition) is 1. The minimum atomic E-state index is 0.0315. The molecule has 4 heteroatoms.